The third-order valence-electron chi connectivity index (χ3n) is 4.58. The van der Waals surface area contributed by atoms with Gasteiger partial charge in [0.2, 0.25) is 0 Å². The summed E-state index contributed by atoms with van der Waals surface area (Å²) in [5, 5.41) is 30.2. The van der Waals surface area contributed by atoms with Crippen LogP contribution in [0.2, 0.25) is 0 Å². The molecule has 0 spiro atoms. The predicted octanol–water partition coefficient (Wildman–Crippen LogP) is 1.62. The molecule has 0 radical (unpaired) electrons. The first-order chi connectivity index (χ1) is 11.9. The number of nitrogens with one attached hydrogen (secondary N) is 2. The standard InChI is InChI=1S/C17H22N6O2/c1-17(2,25)15-10-23(22-21-15)14-6-4-3-5-12(14)20-16(24)13-7-11(8-18)9-19-13/h7,9-10,12,14,19,25H,3-6H2,1-2H3,(H,20,24)/t12-,14+/m0/s1. The third-order valence-corrected chi connectivity index (χ3v) is 4.58. The number of aromatic amines is 1. The fourth-order valence-corrected chi connectivity index (χ4v) is 3.15. The average molecular weight is 342 g/mol. The molecule has 1 amide bonds. The van der Waals surface area contributed by atoms with Crippen LogP contribution in [0.5, 0.6) is 0 Å². The van der Waals surface area contributed by atoms with Crippen molar-refractivity contribution in [3.63, 3.8) is 0 Å². The van der Waals surface area contributed by atoms with Crippen molar-refractivity contribution >= 4 is 5.91 Å². The Morgan fingerprint density at radius 2 is 2.24 bits per heavy atom. The number of amides is 1. The van der Waals surface area contributed by atoms with E-state index in [2.05, 4.69) is 20.6 Å². The highest BCUT2D eigenvalue weighted by molar-refractivity contribution is 5.93. The van der Waals surface area contributed by atoms with Crippen LogP contribution in [0.25, 0.3) is 0 Å². The summed E-state index contributed by atoms with van der Waals surface area (Å²) in [5.41, 5.74) is 0.253. The fraction of sp³-hybridized carbons (Fsp3) is 0.529. The van der Waals surface area contributed by atoms with Crippen LogP contribution in [0.4, 0.5) is 0 Å². The monoisotopic (exact) mass is 342 g/mol. The number of carbonyl (C=O) groups excluding carboxylic acids is 1. The van der Waals surface area contributed by atoms with E-state index in [4.69, 9.17) is 5.26 Å². The summed E-state index contributed by atoms with van der Waals surface area (Å²) in [6.45, 7) is 3.33. The molecule has 132 valence electrons. The zero-order chi connectivity index (χ0) is 18.0. The Bertz CT molecular complexity index is 795. The number of nitrogens with zero attached hydrogens (tertiary/aromatic N) is 4. The number of hydrogen-bond acceptors (Lipinski definition) is 5. The van der Waals surface area contributed by atoms with E-state index in [-0.39, 0.29) is 18.0 Å². The van der Waals surface area contributed by atoms with E-state index in [1.54, 1.807) is 24.7 Å². The van der Waals surface area contributed by atoms with E-state index in [1.807, 2.05) is 6.07 Å². The first kappa shape index (κ1) is 17.2. The Kier molecular flexibility index (Phi) is 4.59. The summed E-state index contributed by atoms with van der Waals surface area (Å²) >= 11 is 0. The van der Waals surface area contributed by atoms with Crippen LogP contribution in [-0.4, -0.2) is 37.0 Å². The van der Waals surface area contributed by atoms with Crippen molar-refractivity contribution in [2.24, 2.45) is 0 Å². The Labute approximate surface area is 145 Å². The van der Waals surface area contributed by atoms with E-state index < -0.39 is 5.60 Å². The van der Waals surface area contributed by atoms with Gasteiger partial charge in [0.25, 0.3) is 5.91 Å². The van der Waals surface area contributed by atoms with Gasteiger partial charge in [-0.25, -0.2) is 4.68 Å². The molecule has 25 heavy (non-hydrogen) atoms. The van der Waals surface area contributed by atoms with Gasteiger partial charge in [-0.2, -0.15) is 5.26 Å². The molecule has 0 unspecified atom stereocenters. The van der Waals surface area contributed by atoms with Crippen molar-refractivity contribution < 1.29 is 9.90 Å². The zero-order valence-corrected chi connectivity index (χ0v) is 14.4. The molecule has 0 aromatic carbocycles. The molecule has 0 aliphatic heterocycles. The predicted molar refractivity (Wildman–Crippen MR) is 89.5 cm³/mol. The van der Waals surface area contributed by atoms with Crippen LogP contribution < -0.4 is 5.32 Å². The maximum Gasteiger partial charge on any atom is 0.268 e. The molecule has 1 aliphatic carbocycles. The Balaban J connectivity index is 1.76. The maximum atomic E-state index is 12.4. The number of rotatable bonds is 4. The molecule has 3 N–H and O–H groups in total. The average Bonchev–Trinajstić information content (AvgIpc) is 3.24. The summed E-state index contributed by atoms with van der Waals surface area (Å²) in [7, 11) is 0. The highest BCUT2D eigenvalue weighted by Crippen LogP contribution is 2.29. The van der Waals surface area contributed by atoms with Gasteiger partial charge in [-0.05, 0) is 32.8 Å². The van der Waals surface area contributed by atoms with Crippen LogP contribution in [0.3, 0.4) is 0 Å². The highest BCUT2D eigenvalue weighted by Gasteiger charge is 2.31. The normalized spacial score (nSPS) is 20.9. The second kappa shape index (κ2) is 6.69. The van der Waals surface area contributed by atoms with Crippen LogP contribution in [0.1, 0.15) is 67.3 Å². The van der Waals surface area contributed by atoms with Gasteiger partial charge in [0.1, 0.15) is 23.1 Å². The van der Waals surface area contributed by atoms with Gasteiger partial charge < -0.3 is 15.4 Å². The molecule has 3 rings (SSSR count). The van der Waals surface area contributed by atoms with Crippen molar-refractivity contribution in [1.29, 1.82) is 5.26 Å². The topological polar surface area (TPSA) is 120 Å². The quantitative estimate of drug-likeness (QED) is 0.780. The molecule has 2 atom stereocenters. The summed E-state index contributed by atoms with van der Waals surface area (Å²) in [4.78, 5) is 15.3. The van der Waals surface area contributed by atoms with Crippen LogP contribution >= 0.6 is 0 Å². The second-order valence-corrected chi connectivity index (χ2v) is 6.99. The van der Waals surface area contributed by atoms with Crippen molar-refractivity contribution in [3.05, 3.63) is 35.4 Å². The van der Waals surface area contributed by atoms with Gasteiger partial charge in [0.15, 0.2) is 0 Å². The molecule has 2 aromatic heterocycles. The van der Waals surface area contributed by atoms with Crippen molar-refractivity contribution in [2.75, 3.05) is 0 Å². The van der Waals surface area contributed by atoms with Crippen LogP contribution in [0.15, 0.2) is 18.5 Å². The summed E-state index contributed by atoms with van der Waals surface area (Å²) in [6, 6.07) is 3.45. The molecule has 2 aromatic rings. The van der Waals surface area contributed by atoms with Gasteiger partial charge >= 0.3 is 0 Å². The minimum absolute atomic E-state index is 0.00769. The molecule has 8 nitrogen and oxygen atoms in total. The van der Waals surface area contributed by atoms with E-state index in [0.717, 1.165) is 25.7 Å². The van der Waals surface area contributed by atoms with Gasteiger partial charge in [-0.3, -0.25) is 4.79 Å². The number of H-pyrrole nitrogens is 1. The highest BCUT2D eigenvalue weighted by atomic mass is 16.3. The van der Waals surface area contributed by atoms with Crippen molar-refractivity contribution in [1.82, 2.24) is 25.3 Å². The lowest BCUT2D eigenvalue weighted by Crippen LogP contribution is -2.43. The van der Waals surface area contributed by atoms with Crippen molar-refractivity contribution in [2.45, 2.75) is 57.2 Å². The lowest BCUT2D eigenvalue weighted by atomic mass is 9.90. The van der Waals surface area contributed by atoms with Crippen molar-refractivity contribution in [3.8, 4) is 6.07 Å². The molecule has 1 fully saturated rings. The number of aromatic nitrogens is 4. The van der Waals surface area contributed by atoms with Gasteiger partial charge in [-0.15, -0.1) is 5.10 Å². The molecular formula is C17H22N6O2. The number of nitriles is 1. The smallest absolute Gasteiger partial charge is 0.268 e. The maximum absolute atomic E-state index is 12.4. The van der Waals surface area contributed by atoms with Gasteiger partial charge in [-0.1, -0.05) is 18.1 Å². The Hall–Kier alpha value is -2.66. The van der Waals surface area contributed by atoms with E-state index in [9.17, 15) is 9.90 Å². The first-order valence-corrected chi connectivity index (χ1v) is 8.42. The van der Waals surface area contributed by atoms with Gasteiger partial charge in [0, 0.05) is 6.20 Å². The molecule has 8 heteroatoms. The van der Waals surface area contributed by atoms with Crippen LogP contribution in [0, 0.1) is 11.3 Å². The minimum Gasteiger partial charge on any atom is -0.384 e. The number of carbonyl (C=O) groups is 1. The zero-order valence-electron chi connectivity index (χ0n) is 14.4. The second-order valence-electron chi connectivity index (χ2n) is 6.99. The lowest BCUT2D eigenvalue weighted by Gasteiger charge is -2.31. The summed E-state index contributed by atoms with van der Waals surface area (Å²) in [6.07, 6.45) is 7.07. The minimum atomic E-state index is -1.05. The number of hydrogen-bond donors (Lipinski definition) is 3. The van der Waals surface area contributed by atoms with Gasteiger partial charge in [0.05, 0.1) is 23.8 Å². The fourth-order valence-electron chi connectivity index (χ4n) is 3.15. The third kappa shape index (κ3) is 3.72. The molecule has 2 heterocycles. The molecule has 0 bridgehead atoms. The van der Waals surface area contributed by atoms with E-state index in [0.29, 0.717) is 17.0 Å². The molecule has 1 saturated carbocycles. The largest absolute Gasteiger partial charge is 0.384 e. The Morgan fingerprint density at radius 3 is 2.88 bits per heavy atom. The lowest BCUT2D eigenvalue weighted by molar-refractivity contribution is 0.0735. The molecule has 1 aliphatic rings. The van der Waals surface area contributed by atoms with Crippen LogP contribution in [-0.2, 0) is 5.60 Å². The first-order valence-electron chi connectivity index (χ1n) is 8.42. The molecule has 0 saturated heterocycles. The summed E-state index contributed by atoms with van der Waals surface area (Å²) < 4.78 is 1.74. The molecular weight excluding hydrogens is 320 g/mol. The summed E-state index contributed by atoms with van der Waals surface area (Å²) in [5.74, 6) is -0.235. The van der Waals surface area contributed by atoms with E-state index >= 15 is 0 Å². The Morgan fingerprint density at radius 1 is 1.48 bits per heavy atom. The SMILES string of the molecule is CC(C)(O)c1cn([C@@H]2CCCC[C@@H]2NC(=O)c2cc(C#N)c[nH]2)nn1. The van der Waals surface area contributed by atoms with E-state index in [1.165, 1.54) is 12.3 Å². The number of aliphatic hydroxyl groups is 1.